The van der Waals surface area contributed by atoms with Gasteiger partial charge < -0.3 is 4.57 Å². The highest BCUT2D eigenvalue weighted by atomic mass is 15.0. The Morgan fingerprint density at radius 3 is 3.08 bits per heavy atom. The third-order valence-corrected chi connectivity index (χ3v) is 2.00. The molecule has 1 aromatic rings. The second kappa shape index (κ2) is 3.44. The molecule has 0 atom stereocenters. The van der Waals surface area contributed by atoms with Gasteiger partial charge in [0.05, 0.1) is 12.0 Å². The molecule has 0 saturated carbocycles. The molecule has 0 fully saturated rings. The SMILES string of the molecule is Cn1cnc(C2=CCC=CC=C2)c1. The van der Waals surface area contributed by atoms with Crippen molar-refractivity contribution in [1.29, 1.82) is 0 Å². The van der Waals surface area contributed by atoms with Crippen LogP contribution in [0, 0.1) is 0 Å². The van der Waals surface area contributed by atoms with Crippen LogP contribution >= 0.6 is 0 Å². The summed E-state index contributed by atoms with van der Waals surface area (Å²) < 4.78 is 1.96. The Morgan fingerprint density at radius 1 is 1.38 bits per heavy atom. The third-order valence-electron chi connectivity index (χ3n) is 2.00. The molecule has 13 heavy (non-hydrogen) atoms. The van der Waals surface area contributed by atoms with Crippen molar-refractivity contribution >= 4 is 5.57 Å². The molecule has 0 amide bonds. The van der Waals surface area contributed by atoms with Crippen LogP contribution < -0.4 is 0 Å². The Kier molecular flexibility index (Phi) is 2.13. The monoisotopic (exact) mass is 172 g/mol. The van der Waals surface area contributed by atoms with Crippen molar-refractivity contribution in [3.05, 3.63) is 48.6 Å². The molecule has 1 aromatic heterocycles. The molecule has 66 valence electrons. The zero-order valence-electron chi connectivity index (χ0n) is 7.64. The fourth-order valence-corrected chi connectivity index (χ4v) is 1.33. The van der Waals surface area contributed by atoms with Crippen molar-refractivity contribution in [3.8, 4) is 0 Å². The molecule has 2 nitrogen and oxygen atoms in total. The maximum atomic E-state index is 4.30. The number of nitrogens with zero attached hydrogens (tertiary/aromatic N) is 2. The van der Waals surface area contributed by atoms with E-state index < -0.39 is 0 Å². The number of allylic oxidation sites excluding steroid dienone is 6. The van der Waals surface area contributed by atoms with E-state index in [-0.39, 0.29) is 0 Å². The van der Waals surface area contributed by atoms with Crippen LogP contribution in [-0.4, -0.2) is 9.55 Å². The van der Waals surface area contributed by atoms with Crippen LogP contribution in [0.5, 0.6) is 0 Å². The van der Waals surface area contributed by atoms with E-state index in [1.807, 2.05) is 30.2 Å². The smallest absolute Gasteiger partial charge is 0.0951 e. The van der Waals surface area contributed by atoms with Crippen LogP contribution in [0.25, 0.3) is 5.57 Å². The van der Waals surface area contributed by atoms with Crippen LogP contribution in [0.15, 0.2) is 42.9 Å². The maximum Gasteiger partial charge on any atom is 0.0951 e. The fourth-order valence-electron chi connectivity index (χ4n) is 1.33. The number of aryl methyl sites for hydroxylation is 1. The van der Waals surface area contributed by atoms with Gasteiger partial charge in [-0.25, -0.2) is 4.98 Å². The number of rotatable bonds is 1. The van der Waals surface area contributed by atoms with Gasteiger partial charge >= 0.3 is 0 Å². The van der Waals surface area contributed by atoms with Crippen LogP contribution in [0.4, 0.5) is 0 Å². The first kappa shape index (κ1) is 8.05. The van der Waals surface area contributed by atoms with Crippen molar-refractivity contribution in [1.82, 2.24) is 9.55 Å². The Bertz CT molecular complexity index is 381. The van der Waals surface area contributed by atoms with Crippen LogP contribution in [0.3, 0.4) is 0 Å². The summed E-state index contributed by atoms with van der Waals surface area (Å²) in [5.41, 5.74) is 2.24. The van der Waals surface area contributed by atoms with Crippen LogP contribution in [0.1, 0.15) is 12.1 Å². The molecule has 1 aliphatic rings. The van der Waals surface area contributed by atoms with E-state index in [0.29, 0.717) is 0 Å². The fraction of sp³-hybridized carbons (Fsp3) is 0.182. The average Bonchev–Trinajstić information content (AvgIpc) is 2.43. The lowest BCUT2D eigenvalue weighted by molar-refractivity contribution is 0.913. The van der Waals surface area contributed by atoms with Gasteiger partial charge in [0, 0.05) is 13.2 Å². The van der Waals surface area contributed by atoms with Gasteiger partial charge in [0.15, 0.2) is 0 Å². The van der Waals surface area contributed by atoms with Crippen molar-refractivity contribution in [3.63, 3.8) is 0 Å². The molecule has 0 unspecified atom stereocenters. The molecular formula is C11H12N2. The predicted octanol–water partition coefficient (Wildman–Crippen LogP) is 2.32. The molecule has 0 saturated heterocycles. The highest BCUT2D eigenvalue weighted by molar-refractivity contribution is 5.72. The second-order valence-corrected chi connectivity index (χ2v) is 3.11. The van der Waals surface area contributed by atoms with E-state index in [9.17, 15) is 0 Å². The molecule has 1 heterocycles. The summed E-state index contributed by atoms with van der Waals surface area (Å²) >= 11 is 0. The molecule has 2 rings (SSSR count). The zero-order chi connectivity index (χ0) is 9.10. The first-order chi connectivity index (χ1) is 6.36. The molecule has 0 radical (unpaired) electrons. The normalized spacial score (nSPS) is 15.6. The summed E-state index contributed by atoms with van der Waals surface area (Å²) in [6.07, 6.45) is 15.4. The lowest BCUT2D eigenvalue weighted by Gasteiger charge is -1.94. The Labute approximate surface area is 77.9 Å². The Hall–Kier alpha value is -1.57. The molecule has 2 heteroatoms. The lowest BCUT2D eigenvalue weighted by atomic mass is 10.2. The first-order valence-electron chi connectivity index (χ1n) is 4.38. The summed E-state index contributed by atoms with van der Waals surface area (Å²) in [6.45, 7) is 0. The summed E-state index contributed by atoms with van der Waals surface area (Å²) in [7, 11) is 1.98. The average molecular weight is 172 g/mol. The third kappa shape index (κ3) is 1.78. The van der Waals surface area contributed by atoms with E-state index in [0.717, 1.165) is 12.1 Å². The Morgan fingerprint density at radius 2 is 2.31 bits per heavy atom. The van der Waals surface area contributed by atoms with Crippen LogP contribution in [0.2, 0.25) is 0 Å². The topological polar surface area (TPSA) is 17.8 Å². The highest BCUT2D eigenvalue weighted by Gasteiger charge is 2.00. The largest absolute Gasteiger partial charge is 0.340 e. The number of imidazole rings is 1. The first-order valence-corrected chi connectivity index (χ1v) is 4.38. The summed E-state index contributed by atoms with van der Waals surface area (Å²) in [5.74, 6) is 0. The van der Waals surface area contributed by atoms with E-state index in [4.69, 9.17) is 0 Å². The van der Waals surface area contributed by atoms with Crippen molar-refractivity contribution < 1.29 is 0 Å². The van der Waals surface area contributed by atoms with Crippen LogP contribution in [-0.2, 0) is 7.05 Å². The minimum Gasteiger partial charge on any atom is -0.340 e. The van der Waals surface area contributed by atoms with Gasteiger partial charge in [0.25, 0.3) is 0 Å². The van der Waals surface area contributed by atoms with Gasteiger partial charge in [-0.15, -0.1) is 0 Å². The van der Waals surface area contributed by atoms with Gasteiger partial charge in [0.2, 0.25) is 0 Å². The maximum absolute atomic E-state index is 4.30. The summed E-state index contributed by atoms with van der Waals surface area (Å²) in [5, 5.41) is 0. The molecule has 0 spiro atoms. The minimum absolute atomic E-state index is 0.985. The number of hydrogen-bond acceptors (Lipinski definition) is 1. The quantitative estimate of drug-likeness (QED) is 0.635. The molecule has 1 aliphatic carbocycles. The minimum atomic E-state index is 0.985. The predicted molar refractivity (Wildman–Crippen MR) is 54.1 cm³/mol. The molecule has 0 aliphatic heterocycles. The molecule has 0 N–H and O–H groups in total. The van der Waals surface area contributed by atoms with E-state index in [2.05, 4.69) is 29.3 Å². The standard InChI is InChI=1S/C11H12N2/c1-13-8-11(12-9-13)10-6-4-2-3-5-7-10/h2-4,6-9H,5H2,1H3. The summed E-state index contributed by atoms with van der Waals surface area (Å²) in [6, 6.07) is 0. The van der Waals surface area contributed by atoms with Gasteiger partial charge in [-0.3, -0.25) is 0 Å². The lowest BCUT2D eigenvalue weighted by Crippen LogP contribution is -1.80. The Balaban J connectivity index is 2.31. The van der Waals surface area contributed by atoms with E-state index in [1.165, 1.54) is 5.57 Å². The van der Waals surface area contributed by atoms with Crippen molar-refractivity contribution in [2.75, 3.05) is 0 Å². The van der Waals surface area contributed by atoms with Crippen molar-refractivity contribution in [2.45, 2.75) is 6.42 Å². The molecule has 0 aromatic carbocycles. The number of hydrogen-bond donors (Lipinski definition) is 0. The molecular weight excluding hydrogens is 160 g/mol. The molecule has 0 bridgehead atoms. The van der Waals surface area contributed by atoms with Gasteiger partial charge in [-0.1, -0.05) is 30.4 Å². The summed E-state index contributed by atoms with van der Waals surface area (Å²) in [4.78, 5) is 4.30. The zero-order valence-corrected chi connectivity index (χ0v) is 7.64. The second-order valence-electron chi connectivity index (χ2n) is 3.11. The van der Waals surface area contributed by atoms with E-state index in [1.54, 1.807) is 0 Å². The van der Waals surface area contributed by atoms with E-state index >= 15 is 0 Å². The van der Waals surface area contributed by atoms with Gasteiger partial charge in [0.1, 0.15) is 0 Å². The van der Waals surface area contributed by atoms with Gasteiger partial charge in [-0.05, 0) is 12.0 Å². The van der Waals surface area contributed by atoms with Gasteiger partial charge in [-0.2, -0.15) is 0 Å². The number of aromatic nitrogens is 2. The highest BCUT2D eigenvalue weighted by Crippen LogP contribution is 2.16. The van der Waals surface area contributed by atoms with Crippen molar-refractivity contribution in [2.24, 2.45) is 7.05 Å².